The summed E-state index contributed by atoms with van der Waals surface area (Å²) in [5, 5.41) is 11.6. The Bertz CT molecular complexity index is 1280. The fourth-order valence-electron chi connectivity index (χ4n) is 8.19. The molecule has 49 heavy (non-hydrogen) atoms. The molecule has 0 amide bonds. The first-order valence-corrected chi connectivity index (χ1v) is 18.5. The first-order valence-electron chi connectivity index (χ1n) is 18.5. The van der Waals surface area contributed by atoms with E-state index in [1.54, 1.807) is 0 Å². The number of aromatic hydroxyl groups is 1. The molecule has 0 radical (unpaired) electrons. The van der Waals surface area contributed by atoms with Crippen molar-refractivity contribution >= 4 is 17.5 Å². The molecule has 2 fully saturated rings. The van der Waals surface area contributed by atoms with Crippen molar-refractivity contribution in [2.24, 2.45) is 5.92 Å². The number of nitrogens with zero attached hydrogens (tertiary/aromatic N) is 2. The van der Waals surface area contributed by atoms with E-state index in [2.05, 4.69) is 128 Å². The molecule has 0 unspecified atom stereocenters. The van der Waals surface area contributed by atoms with Gasteiger partial charge < -0.3 is 14.6 Å². The van der Waals surface area contributed by atoms with Gasteiger partial charge in [0.2, 0.25) is 0 Å². The molecule has 0 aromatic heterocycles. The Morgan fingerprint density at radius 2 is 1.08 bits per heavy atom. The number of allylic oxidation sites excluding steroid dienone is 1. The maximum atomic E-state index is 14.7. The van der Waals surface area contributed by atoms with Crippen LogP contribution in [0.25, 0.3) is 5.57 Å². The van der Waals surface area contributed by atoms with Crippen LogP contribution in [0.4, 0.5) is 0 Å². The van der Waals surface area contributed by atoms with Gasteiger partial charge in [-0.2, -0.15) is 0 Å². The summed E-state index contributed by atoms with van der Waals surface area (Å²) in [6.07, 6.45) is 5.46. The number of likely N-dealkylation sites (tertiary alicyclic amines) is 2. The van der Waals surface area contributed by atoms with Gasteiger partial charge in [0.1, 0.15) is 18.0 Å². The van der Waals surface area contributed by atoms with Crippen LogP contribution in [0.2, 0.25) is 0 Å². The van der Waals surface area contributed by atoms with E-state index >= 15 is 0 Å². The van der Waals surface area contributed by atoms with Crippen LogP contribution < -0.4 is 0 Å². The molecule has 0 saturated carbocycles. The average molecular weight is 683 g/mol. The van der Waals surface area contributed by atoms with Crippen molar-refractivity contribution in [3.63, 3.8) is 0 Å². The second kappa shape index (κ2) is 14.0. The number of piperidine rings is 2. The van der Waals surface area contributed by atoms with Gasteiger partial charge in [0.15, 0.2) is 5.92 Å². The standard InChI is InChI=1S/C42H70N2O5/c1-18-19-20-30(27-21-31(37(2,3)4)34(45)32(22-27)38(5,6)7)33(35(46)48-28-23-39(8,9)43(16)40(10,11)24-28)36(47)49-29-25-41(12,13)44(17)42(14,15)26-29/h20-22,28-29,33,45H,18-19,23-26H2,1-17H3/b30-20+. The smallest absolute Gasteiger partial charge is 0.325 e. The van der Waals surface area contributed by atoms with E-state index in [-0.39, 0.29) is 50.9 Å². The highest BCUT2D eigenvalue weighted by molar-refractivity contribution is 6.07. The van der Waals surface area contributed by atoms with Gasteiger partial charge in [0, 0.05) is 59.0 Å². The Kier molecular flexibility index (Phi) is 11.7. The van der Waals surface area contributed by atoms with Crippen LogP contribution in [0.5, 0.6) is 5.75 Å². The number of carbonyl (C=O) groups is 2. The number of ether oxygens (including phenoxy) is 2. The number of unbranched alkanes of at least 4 members (excludes halogenated alkanes) is 1. The Morgan fingerprint density at radius 1 is 0.755 bits per heavy atom. The molecule has 2 aliphatic rings. The molecule has 2 aliphatic heterocycles. The quantitative estimate of drug-likeness (QED) is 0.216. The lowest BCUT2D eigenvalue weighted by Crippen LogP contribution is -2.61. The number of benzene rings is 1. The van der Waals surface area contributed by atoms with E-state index in [1.165, 1.54) is 0 Å². The van der Waals surface area contributed by atoms with E-state index in [9.17, 15) is 14.7 Å². The summed E-state index contributed by atoms with van der Waals surface area (Å²) in [4.78, 5) is 34.1. The summed E-state index contributed by atoms with van der Waals surface area (Å²) in [5.74, 6) is -2.15. The van der Waals surface area contributed by atoms with Gasteiger partial charge >= 0.3 is 11.9 Å². The van der Waals surface area contributed by atoms with Crippen LogP contribution in [-0.4, -0.2) is 75.3 Å². The zero-order valence-electron chi connectivity index (χ0n) is 34.2. The molecule has 0 atom stereocenters. The third-order valence-electron chi connectivity index (χ3n) is 11.6. The van der Waals surface area contributed by atoms with E-state index in [0.717, 1.165) is 23.1 Å². The topological polar surface area (TPSA) is 79.3 Å². The first kappa shape index (κ1) is 41.0. The van der Waals surface area contributed by atoms with Crippen molar-refractivity contribution < 1.29 is 24.2 Å². The number of phenols is 1. The lowest BCUT2D eigenvalue weighted by atomic mass is 9.76. The fourth-order valence-corrected chi connectivity index (χ4v) is 8.19. The molecule has 0 spiro atoms. The summed E-state index contributed by atoms with van der Waals surface area (Å²) in [6, 6.07) is 3.92. The Morgan fingerprint density at radius 3 is 1.37 bits per heavy atom. The highest BCUT2D eigenvalue weighted by atomic mass is 16.6. The van der Waals surface area contributed by atoms with Crippen molar-refractivity contribution in [1.29, 1.82) is 0 Å². The molecule has 7 heteroatoms. The highest BCUT2D eigenvalue weighted by Crippen LogP contribution is 2.44. The molecule has 1 N–H and O–H groups in total. The predicted molar refractivity (Wildman–Crippen MR) is 202 cm³/mol. The Labute approximate surface area is 299 Å². The molecular formula is C42H70N2O5. The van der Waals surface area contributed by atoms with Gasteiger partial charge in [-0.05, 0) is 110 Å². The zero-order chi connectivity index (χ0) is 37.7. The monoisotopic (exact) mass is 683 g/mol. The summed E-state index contributed by atoms with van der Waals surface area (Å²) >= 11 is 0. The van der Waals surface area contributed by atoms with Crippen LogP contribution in [0.15, 0.2) is 18.2 Å². The lowest BCUT2D eigenvalue weighted by Gasteiger charge is -2.53. The van der Waals surface area contributed by atoms with Gasteiger partial charge in [0.05, 0.1) is 0 Å². The average Bonchev–Trinajstić information content (AvgIpc) is 2.90. The van der Waals surface area contributed by atoms with Crippen LogP contribution in [0.3, 0.4) is 0 Å². The Balaban J connectivity index is 2.21. The number of rotatable bonds is 8. The van der Waals surface area contributed by atoms with Crippen molar-refractivity contribution in [2.45, 2.75) is 188 Å². The van der Waals surface area contributed by atoms with Gasteiger partial charge in [0.25, 0.3) is 0 Å². The van der Waals surface area contributed by atoms with Gasteiger partial charge in [-0.25, -0.2) is 0 Å². The third-order valence-corrected chi connectivity index (χ3v) is 11.6. The number of esters is 2. The molecule has 1 aromatic carbocycles. The van der Waals surface area contributed by atoms with Crippen LogP contribution in [0, 0.1) is 5.92 Å². The number of phenolic OH excluding ortho intramolecular Hbond substituents is 1. The number of hydrogen-bond acceptors (Lipinski definition) is 7. The summed E-state index contributed by atoms with van der Waals surface area (Å²) < 4.78 is 12.8. The van der Waals surface area contributed by atoms with Gasteiger partial charge in [-0.3, -0.25) is 19.4 Å². The van der Waals surface area contributed by atoms with Crippen molar-refractivity contribution in [2.75, 3.05) is 14.1 Å². The molecule has 1 aromatic rings. The second-order valence-corrected chi connectivity index (χ2v) is 19.6. The molecule has 0 bridgehead atoms. The van der Waals surface area contributed by atoms with Crippen molar-refractivity contribution in [3.8, 4) is 5.75 Å². The predicted octanol–water partition coefficient (Wildman–Crippen LogP) is 9.18. The van der Waals surface area contributed by atoms with Crippen LogP contribution >= 0.6 is 0 Å². The highest BCUT2D eigenvalue weighted by Gasteiger charge is 2.48. The molecule has 278 valence electrons. The maximum Gasteiger partial charge on any atom is 0.325 e. The molecular weight excluding hydrogens is 612 g/mol. The van der Waals surface area contributed by atoms with E-state index < -0.39 is 17.9 Å². The minimum Gasteiger partial charge on any atom is -0.507 e. The summed E-state index contributed by atoms with van der Waals surface area (Å²) in [6.45, 7) is 31.9. The minimum absolute atomic E-state index is 0.199. The maximum absolute atomic E-state index is 14.7. The molecule has 2 heterocycles. The molecule has 2 saturated heterocycles. The van der Waals surface area contributed by atoms with E-state index in [0.29, 0.717) is 37.7 Å². The Hall–Kier alpha value is -2.38. The van der Waals surface area contributed by atoms with E-state index in [4.69, 9.17) is 9.47 Å². The zero-order valence-corrected chi connectivity index (χ0v) is 34.2. The van der Waals surface area contributed by atoms with Gasteiger partial charge in [-0.15, -0.1) is 0 Å². The molecule has 7 nitrogen and oxygen atoms in total. The SMILES string of the molecule is CCC/C=C(\c1cc(C(C)(C)C)c(O)c(C(C)(C)C)c1)C(C(=O)OC1CC(C)(C)N(C)C(C)(C)C1)C(=O)OC1CC(C)(C)N(C)C(C)(C)C1. The largest absolute Gasteiger partial charge is 0.507 e. The third kappa shape index (κ3) is 9.11. The molecule has 3 rings (SSSR count). The summed E-state index contributed by atoms with van der Waals surface area (Å²) in [7, 11) is 4.25. The van der Waals surface area contributed by atoms with Crippen molar-refractivity contribution in [1.82, 2.24) is 9.80 Å². The normalized spacial score (nSPS) is 22.3. The second-order valence-electron chi connectivity index (χ2n) is 19.6. The van der Waals surface area contributed by atoms with Gasteiger partial charge in [-0.1, -0.05) is 61.0 Å². The first-order chi connectivity index (χ1) is 22.0. The van der Waals surface area contributed by atoms with E-state index in [1.807, 2.05) is 18.2 Å². The minimum atomic E-state index is -1.27. The molecule has 0 aliphatic carbocycles. The lowest BCUT2D eigenvalue weighted by molar-refractivity contribution is -0.174. The summed E-state index contributed by atoms with van der Waals surface area (Å²) in [5.41, 5.74) is 1.31. The van der Waals surface area contributed by atoms with Crippen LogP contribution in [0.1, 0.15) is 159 Å². The number of carbonyl (C=O) groups excluding carboxylic acids is 2. The van der Waals surface area contributed by atoms with Crippen molar-refractivity contribution in [3.05, 3.63) is 34.9 Å². The number of hydrogen-bond donors (Lipinski definition) is 1. The fraction of sp³-hybridized carbons (Fsp3) is 0.762. The van der Waals surface area contributed by atoms with Crippen LogP contribution in [-0.2, 0) is 29.9 Å².